The van der Waals surface area contributed by atoms with Crippen LogP contribution in [0.2, 0.25) is 6.82 Å². The molecule has 91 valence electrons. The van der Waals surface area contributed by atoms with Gasteiger partial charge in [0.05, 0.1) is 0 Å². The molecule has 1 aliphatic rings. The minimum Gasteiger partial charge on any atom is -0.421 e. The van der Waals surface area contributed by atoms with Gasteiger partial charge in [0, 0.05) is 12.0 Å². The van der Waals surface area contributed by atoms with Gasteiger partial charge in [0.15, 0.2) is 11.4 Å². The smallest absolute Gasteiger partial charge is 0.291 e. The third-order valence-electron chi connectivity index (χ3n) is 3.19. The zero-order valence-corrected chi connectivity index (χ0v) is 10.3. The molecule has 1 atom stereocenters. The van der Waals surface area contributed by atoms with Crippen LogP contribution in [0.25, 0.3) is 0 Å². The summed E-state index contributed by atoms with van der Waals surface area (Å²) < 4.78 is 5.41. The van der Waals surface area contributed by atoms with Crippen molar-refractivity contribution in [3.63, 3.8) is 0 Å². The molecular formula is C14H14BO3. The highest BCUT2D eigenvalue weighted by molar-refractivity contribution is 6.30. The van der Waals surface area contributed by atoms with Crippen LogP contribution in [-0.4, -0.2) is 24.6 Å². The van der Waals surface area contributed by atoms with Crippen molar-refractivity contribution in [3.05, 3.63) is 48.0 Å². The Morgan fingerprint density at radius 3 is 2.50 bits per heavy atom. The summed E-state index contributed by atoms with van der Waals surface area (Å²) in [4.78, 5) is 24.6. The molecule has 1 radical (unpaired) electrons. The molecule has 1 unspecified atom stereocenters. The summed E-state index contributed by atoms with van der Waals surface area (Å²) in [6.45, 7) is 5.49. The predicted molar refractivity (Wildman–Crippen MR) is 69.6 cm³/mol. The van der Waals surface area contributed by atoms with Gasteiger partial charge < -0.3 is 4.65 Å². The van der Waals surface area contributed by atoms with Gasteiger partial charge in [-0.2, -0.15) is 0 Å². The van der Waals surface area contributed by atoms with Crippen LogP contribution >= 0.6 is 0 Å². The maximum atomic E-state index is 12.6. The number of hydrogen-bond donors (Lipinski definition) is 0. The SMILES string of the molecule is C=C1CCC(=O)C1(O[B]C)C(=O)c1ccccc1. The lowest BCUT2D eigenvalue weighted by Crippen LogP contribution is -2.47. The van der Waals surface area contributed by atoms with E-state index in [1.54, 1.807) is 31.1 Å². The van der Waals surface area contributed by atoms with E-state index in [2.05, 4.69) is 6.58 Å². The van der Waals surface area contributed by atoms with Crippen molar-refractivity contribution in [1.29, 1.82) is 0 Å². The average Bonchev–Trinajstić information content (AvgIpc) is 2.68. The number of benzene rings is 1. The van der Waals surface area contributed by atoms with E-state index in [0.717, 1.165) is 0 Å². The first-order valence-electron chi connectivity index (χ1n) is 5.90. The number of carbonyl (C=O) groups excluding carboxylic acids is 2. The van der Waals surface area contributed by atoms with Crippen LogP contribution in [0.1, 0.15) is 23.2 Å². The summed E-state index contributed by atoms with van der Waals surface area (Å²) in [5.74, 6) is -0.534. The van der Waals surface area contributed by atoms with Crippen molar-refractivity contribution < 1.29 is 14.2 Å². The second-order valence-corrected chi connectivity index (χ2v) is 4.26. The van der Waals surface area contributed by atoms with Crippen LogP contribution in [0.3, 0.4) is 0 Å². The molecule has 0 bridgehead atoms. The van der Waals surface area contributed by atoms with Crippen LogP contribution in [0.15, 0.2) is 42.5 Å². The second-order valence-electron chi connectivity index (χ2n) is 4.26. The zero-order valence-electron chi connectivity index (χ0n) is 10.3. The molecule has 18 heavy (non-hydrogen) atoms. The largest absolute Gasteiger partial charge is 0.421 e. The molecule has 1 aromatic carbocycles. The minimum atomic E-state index is -1.50. The fourth-order valence-corrected chi connectivity index (χ4v) is 2.27. The summed E-state index contributed by atoms with van der Waals surface area (Å²) in [6, 6.07) is 8.71. The van der Waals surface area contributed by atoms with Crippen LogP contribution in [0, 0.1) is 0 Å². The topological polar surface area (TPSA) is 43.4 Å². The average molecular weight is 241 g/mol. The number of rotatable bonds is 4. The van der Waals surface area contributed by atoms with Gasteiger partial charge >= 0.3 is 0 Å². The van der Waals surface area contributed by atoms with Crippen LogP contribution in [0.5, 0.6) is 0 Å². The van der Waals surface area contributed by atoms with Crippen molar-refractivity contribution in [2.45, 2.75) is 25.3 Å². The summed E-state index contributed by atoms with van der Waals surface area (Å²) in [5.41, 5.74) is -0.494. The van der Waals surface area contributed by atoms with Gasteiger partial charge in [0.2, 0.25) is 5.78 Å². The highest BCUT2D eigenvalue weighted by atomic mass is 16.5. The monoisotopic (exact) mass is 241 g/mol. The Morgan fingerprint density at radius 2 is 2.00 bits per heavy atom. The van der Waals surface area contributed by atoms with Crippen LogP contribution in [0.4, 0.5) is 0 Å². The van der Waals surface area contributed by atoms with E-state index < -0.39 is 5.60 Å². The summed E-state index contributed by atoms with van der Waals surface area (Å²) in [5, 5.41) is 0. The Balaban J connectivity index is 2.46. The van der Waals surface area contributed by atoms with Gasteiger partial charge in [0.1, 0.15) is 0 Å². The first-order valence-corrected chi connectivity index (χ1v) is 5.90. The molecule has 0 saturated heterocycles. The molecule has 0 heterocycles. The third-order valence-corrected chi connectivity index (χ3v) is 3.19. The van der Waals surface area contributed by atoms with Gasteiger partial charge in [-0.3, -0.25) is 9.59 Å². The maximum absolute atomic E-state index is 12.6. The molecule has 1 aliphatic carbocycles. The Bertz CT molecular complexity index is 477. The molecule has 4 heteroatoms. The summed E-state index contributed by atoms with van der Waals surface area (Å²) in [6.07, 6.45) is 0.816. The maximum Gasteiger partial charge on any atom is 0.291 e. The molecule has 0 aromatic heterocycles. The highest BCUT2D eigenvalue weighted by Crippen LogP contribution is 2.36. The van der Waals surface area contributed by atoms with E-state index in [-0.39, 0.29) is 11.6 Å². The van der Waals surface area contributed by atoms with Crippen molar-refractivity contribution in [3.8, 4) is 0 Å². The van der Waals surface area contributed by atoms with E-state index in [9.17, 15) is 9.59 Å². The second kappa shape index (κ2) is 4.90. The lowest BCUT2D eigenvalue weighted by Gasteiger charge is -2.27. The van der Waals surface area contributed by atoms with Crippen molar-refractivity contribution in [2.24, 2.45) is 0 Å². The molecule has 1 aromatic rings. The Hall–Kier alpha value is -1.68. The third kappa shape index (κ3) is 1.83. The van der Waals surface area contributed by atoms with Crippen LogP contribution in [-0.2, 0) is 9.45 Å². The zero-order chi connectivity index (χ0) is 13.2. The molecule has 2 rings (SSSR count). The van der Waals surface area contributed by atoms with Crippen molar-refractivity contribution in [2.75, 3.05) is 0 Å². The first kappa shape index (κ1) is 12.8. The Labute approximate surface area is 107 Å². The summed E-state index contributed by atoms with van der Waals surface area (Å²) >= 11 is 0. The fraction of sp³-hybridized carbons (Fsp3) is 0.286. The lowest BCUT2D eigenvalue weighted by atomic mass is 9.85. The Morgan fingerprint density at radius 1 is 1.33 bits per heavy atom. The van der Waals surface area contributed by atoms with E-state index in [1.165, 1.54) is 7.48 Å². The standard InChI is InChI=1S/C14H14BO3/c1-10-8-9-12(16)14(10,18-15-2)13(17)11-6-4-3-5-7-11/h3-7H,1,8-9H2,2H3. The normalized spacial score (nSPS) is 23.2. The van der Waals surface area contributed by atoms with E-state index in [1.807, 2.05) is 6.07 Å². The van der Waals surface area contributed by atoms with Crippen molar-refractivity contribution >= 4 is 19.0 Å². The highest BCUT2D eigenvalue weighted by Gasteiger charge is 2.51. The molecule has 0 spiro atoms. The van der Waals surface area contributed by atoms with Gasteiger partial charge in [-0.15, -0.1) is 0 Å². The molecule has 0 aliphatic heterocycles. The van der Waals surface area contributed by atoms with E-state index >= 15 is 0 Å². The molecule has 0 amide bonds. The van der Waals surface area contributed by atoms with Crippen LogP contribution < -0.4 is 0 Å². The van der Waals surface area contributed by atoms with E-state index in [4.69, 9.17) is 4.65 Å². The summed E-state index contributed by atoms with van der Waals surface area (Å²) in [7, 11) is 1.38. The molecular weight excluding hydrogens is 227 g/mol. The fourth-order valence-electron chi connectivity index (χ4n) is 2.27. The van der Waals surface area contributed by atoms with Crippen molar-refractivity contribution in [1.82, 2.24) is 0 Å². The molecule has 3 nitrogen and oxygen atoms in total. The number of hydrogen-bond acceptors (Lipinski definition) is 3. The lowest BCUT2D eigenvalue weighted by molar-refractivity contribution is -0.126. The van der Waals surface area contributed by atoms with Gasteiger partial charge in [-0.1, -0.05) is 43.7 Å². The quantitative estimate of drug-likeness (QED) is 0.351. The molecule has 1 saturated carbocycles. The minimum absolute atomic E-state index is 0.209. The first-order chi connectivity index (χ1) is 8.63. The Kier molecular flexibility index (Phi) is 3.48. The predicted octanol–water partition coefficient (Wildman–Crippen LogP) is 2.21. The van der Waals surface area contributed by atoms with E-state index in [0.29, 0.717) is 24.0 Å². The number of ketones is 2. The van der Waals surface area contributed by atoms with Gasteiger partial charge in [-0.25, -0.2) is 0 Å². The van der Waals surface area contributed by atoms with Gasteiger partial charge in [-0.05, 0) is 12.0 Å². The van der Waals surface area contributed by atoms with Gasteiger partial charge in [0.25, 0.3) is 7.48 Å². The number of carbonyl (C=O) groups is 2. The molecule has 0 N–H and O–H groups in total. The molecule has 1 fully saturated rings. The number of Topliss-reactive ketones (excluding diaryl/α,β-unsaturated/α-hetero) is 2.